The van der Waals surface area contributed by atoms with Crippen molar-refractivity contribution in [1.29, 1.82) is 0 Å². The fourth-order valence-electron chi connectivity index (χ4n) is 3.29. The van der Waals surface area contributed by atoms with E-state index in [0.717, 1.165) is 0 Å². The van der Waals surface area contributed by atoms with E-state index in [0.29, 0.717) is 27.4 Å². The summed E-state index contributed by atoms with van der Waals surface area (Å²) in [5.74, 6) is 0.661. The number of hydrogen-bond acceptors (Lipinski definition) is 4. The van der Waals surface area contributed by atoms with Gasteiger partial charge in [0.2, 0.25) is 0 Å². The molecule has 0 atom stereocenters. The van der Waals surface area contributed by atoms with Crippen LogP contribution in [0, 0.1) is 0 Å². The fraction of sp³-hybridized carbons (Fsp3) is 0.130. The van der Waals surface area contributed by atoms with Gasteiger partial charge in [-0.1, -0.05) is 23.7 Å². The molecule has 32 heavy (non-hydrogen) atoms. The Morgan fingerprint density at radius 1 is 1.03 bits per heavy atom. The maximum atomic E-state index is 13.5. The number of fused-ring (bicyclic) bond motifs is 1. The van der Waals surface area contributed by atoms with Gasteiger partial charge in [-0.3, -0.25) is 9.36 Å². The second kappa shape index (κ2) is 8.55. The minimum Gasteiger partial charge on any atom is -0.497 e. The van der Waals surface area contributed by atoms with Crippen molar-refractivity contribution >= 4 is 28.3 Å². The van der Waals surface area contributed by atoms with E-state index in [2.05, 4.69) is 10.3 Å². The van der Waals surface area contributed by atoms with Crippen molar-refractivity contribution in [2.24, 2.45) is 0 Å². The van der Waals surface area contributed by atoms with Gasteiger partial charge in [0, 0.05) is 22.3 Å². The normalized spacial score (nSPS) is 11.5. The number of hydrogen-bond donors (Lipinski definition) is 1. The third-order valence-corrected chi connectivity index (χ3v) is 5.07. The third kappa shape index (κ3) is 4.55. The van der Waals surface area contributed by atoms with E-state index in [1.165, 1.54) is 10.6 Å². The van der Waals surface area contributed by atoms with Crippen LogP contribution in [0.5, 0.6) is 5.75 Å². The molecule has 9 heteroatoms. The lowest BCUT2D eigenvalue weighted by atomic mass is 10.0. The zero-order valence-corrected chi connectivity index (χ0v) is 17.5. The minimum absolute atomic E-state index is 0.0200. The topological polar surface area (TPSA) is 56.1 Å². The van der Waals surface area contributed by atoms with Gasteiger partial charge < -0.3 is 10.1 Å². The largest absolute Gasteiger partial charge is 0.497 e. The summed E-state index contributed by atoms with van der Waals surface area (Å²) in [5, 5.41) is 3.34. The maximum absolute atomic E-state index is 13.5. The van der Waals surface area contributed by atoms with Crippen LogP contribution in [-0.4, -0.2) is 29.4 Å². The average Bonchev–Trinajstić information content (AvgIpc) is 2.78. The van der Waals surface area contributed by atoms with Crippen LogP contribution < -0.4 is 15.6 Å². The SMILES string of the molecule is COc1ccc(-n2cc3ccc(NCC(F)(F)F)nc3c(-c3ccc(Cl)cc3)c2=O)cc1. The molecule has 2 aromatic heterocycles. The number of nitrogens with zero attached hydrogens (tertiary/aromatic N) is 2. The number of halogens is 4. The zero-order valence-electron chi connectivity index (χ0n) is 16.8. The lowest BCUT2D eigenvalue weighted by molar-refractivity contribution is -0.115. The number of pyridine rings is 2. The van der Waals surface area contributed by atoms with Crippen molar-refractivity contribution in [3.05, 3.63) is 82.2 Å². The Morgan fingerprint density at radius 2 is 1.72 bits per heavy atom. The predicted octanol–water partition coefficient (Wildman–Crippen LogP) is 5.69. The van der Waals surface area contributed by atoms with Crippen molar-refractivity contribution in [2.75, 3.05) is 19.0 Å². The van der Waals surface area contributed by atoms with Gasteiger partial charge in [0.1, 0.15) is 18.1 Å². The van der Waals surface area contributed by atoms with Gasteiger partial charge in [-0.2, -0.15) is 13.2 Å². The van der Waals surface area contributed by atoms with Crippen LogP contribution in [0.1, 0.15) is 0 Å². The molecule has 0 amide bonds. The average molecular weight is 460 g/mol. The Hall–Kier alpha value is -3.52. The van der Waals surface area contributed by atoms with Gasteiger partial charge in [0.15, 0.2) is 0 Å². The van der Waals surface area contributed by atoms with Crippen LogP contribution in [0.2, 0.25) is 5.02 Å². The number of methoxy groups -OCH3 is 1. The van der Waals surface area contributed by atoms with Gasteiger partial charge in [0.25, 0.3) is 5.56 Å². The molecule has 0 aliphatic carbocycles. The van der Waals surface area contributed by atoms with Crippen LogP contribution in [0.3, 0.4) is 0 Å². The smallest absolute Gasteiger partial charge is 0.405 e. The quantitative estimate of drug-likeness (QED) is 0.416. The second-order valence-corrected chi connectivity index (χ2v) is 7.42. The molecule has 2 heterocycles. The third-order valence-electron chi connectivity index (χ3n) is 4.82. The van der Waals surface area contributed by atoms with Crippen LogP contribution in [0.4, 0.5) is 19.0 Å². The van der Waals surface area contributed by atoms with Crippen molar-refractivity contribution in [1.82, 2.24) is 9.55 Å². The molecular formula is C23H17ClF3N3O2. The van der Waals surface area contributed by atoms with Gasteiger partial charge >= 0.3 is 6.18 Å². The highest BCUT2D eigenvalue weighted by Crippen LogP contribution is 2.28. The number of rotatable bonds is 5. The molecule has 0 unspecified atom stereocenters. The molecule has 0 radical (unpaired) electrons. The number of nitrogens with one attached hydrogen (secondary N) is 1. The summed E-state index contributed by atoms with van der Waals surface area (Å²) in [6.07, 6.45) is -2.78. The first-order chi connectivity index (χ1) is 15.2. The molecule has 4 rings (SSSR count). The highest BCUT2D eigenvalue weighted by molar-refractivity contribution is 6.30. The first-order valence-corrected chi connectivity index (χ1v) is 9.90. The second-order valence-electron chi connectivity index (χ2n) is 6.99. The lowest BCUT2D eigenvalue weighted by Crippen LogP contribution is -2.22. The molecule has 0 aliphatic rings. The van der Waals surface area contributed by atoms with Gasteiger partial charge in [-0.25, -0.2) is 4.98 Å². The molecule has 164 valence electrons. The lowest BCUT2D eigenvalue weighted by Gasteiger charge is -2.14. The van der Waals surface area contributed by atoms with Crippen LogP contribution in [0.15, 0.2) is 71.7 Å². The first kappa shape index (κ1) is 21.7. The Bertz CT molecular complexity index is 1320. The van der Waals surface area contributed by atoms with Gasteiger partial charge in [-0.15, -0.1) is 0 Å². The molecule has 0 fully saturated rings. The van der Waals surface area contributed by atoms with E-state index < -0.39 is 12.7 Å². The standard InChI is InChI=1S/C23H17ClF3N3O2/c1-32-18-9-7-17(8-10-18)30-12-15-4-11-19(28-13-23(25,26)27)29-21(15)20(22(30)31)14-2-5-16(24)6-3-14/h2-12H,13H2,1H3,(H,28,29). The molecule has 0 saturated carbocycles. The summed E-state index contributed by atoms with van der Waals surface area (Å²) in [6.45, 7) is -1.23. The summed E-state index contributed by atoms with van der Waals surface area (Å²) in [6, 6.07) is 16.6. The van der Waals surface area contributed by atoms with Crippen molar-refractivity contribution < 1.29 is 17.9 Å². The number of ether oxygens (including phenoxy) is 1. The summed E-state index contributed by atoms with van der Waals surface area (Å²) in [5.41, 5.74) is 1.32. The summed E-state index contributed by atoms with van der Waals surface area (Å²) in [7, 11) is 1.55. The molecule has 1 N–H and O–H groups in total. The molecule has 2 aromatic carbocycles. The van der Waals surface area contributed by atoms with E-state index in [-0.39, 0.29) is 22.5 Å². The number of benzene rings is 2. The number of anilines is 1. The van der Waals surface area contributed by atoms with Gasteiger partial charge in [-0.05, 0) is 54.1 Å². The highest BCUT2D eigenvalue weighted by atomic mass is 35.5. The molecule has 4 aromatic rings. The van der Waals surface area contributed by atoms with Crippen LogP contribution in [0.25, 0.3) is 27.7 Å². The Balaban J connectivity index is 1.93. The van der Waals surface area contributed by atoms with E-state index in [1.54, 1.807) is 67.9 Å². The van der Waals surface area contributed by atoms with E-state index >= 15 is 0 Å². The summed E-state index contributed by atoms with van der Waals surface area (Å²) >= 11 is 5.99. The molecule has 0 aliphatic heterocycles. The van der Waals surface area contributed by atoms with E-state index in [9.17, 15) is 18.0 Å². The van der Waals surface area contributed by atoms with Crippen molar-refractivity contribution in [2.45, 2.75) is 6.18 Å². The Labute approximate surface area is 186 Å². The first-order valence-electron chi connectivity index (χ1n) is 9.52. The van der Waals surface area contributed by atoms with Gasteiger partial charge in [0.05, 0.1) is 18.2 Å². The molecular weight excluding hydrogens is 443 g/mol. The monoisotopic (exact) mass is 459 g/mol. The minimum atomic E-state index is -4.40. The maximum Gasteiger partial charge on any atom is 0.405 e. The number of aromatic nitrogens is 2. The predicted molar refractivity (Wildman–Crippen MR) is 119 cm³/mol. The Morgan fingerprint density at radius 3 is 2.34 bits per heavy atom. The van der Waals surface area contributed by atoms with E-state index in [1.807, 2.05) is 0 Å². The fourth-order valence-corrected chi connectivity index (χ4v) is 3.42. The van der Waals surface area contributed by atoms with E-state index in [4.69, 9.17) is 16.3 Å². The Kier molecular flexibility index (Phi) is 5.80. The molecule has 0 spiro atoms. The number of alkyl halides is 3. The molecule has 5 nitrogen and oxygen atoms in total. The summed E-state index contributed by atoms with van der Waals surface area (Å²) < 4.78 is 44.5. The summed E-state index contributed by atoms with van der Waals surface area (Å²) in [4.78, 5) is 17.8. The molecule has 0 saturated heterocycles. The van der Waals surface area contributed by atoms with Crippen LogP contribution >= 0.6 is 11.6 Å². The van der Waals surface area contributed by atoms with Crippen molar-refractivity contribution in [3.63, 3.8) is 0 Å². The highest BCUT2D eigenvalue weighted by Gasteiger charge is 2.27. The van der Waals surface area contributed by atoms with Crippen molar-refractivity contribution in [3.8, 4) is 22.6 Å². The molecule has 0 bridgehead atoms. The van der Waals surface area contributed by atoms with Crippen LogP contribution in [-0.2, 0) is 0 Å². The zero-order chi connectivity index (χ0) is 22.9.